The average Bonchev–Trinajstić information content (AvgIpc) is 2.33. The summed E-state index contributed by atoms with van der Waals surface area (Å²) in [4.78, 5) is 0. The Labute approximate surface area is 121 Å². The third kappa shape index (κ3) is 3.19. The van der Waals surface area contributed by atoms with E-state index in [0.29, 0.717) is 27.1 Å². The van der Waals surface area contributed by atoms with Gasteiger partial charge in [0.05, 0.1) is 5.56 Å². The number of nitrogens with one attached hydrogen (secondary N) is 1. The zero-order valence-corrected chi connectivity index (χ0v) is 11.7. The number of halogens is 2. The van der Waals surface area contributed by atoms with E-state index in [4.69, 9.17) is 39.1 Å². The number of amidine groups is 1. The number of ether oxygens (including phenoxy) is 1. The fourth-order valence-electron chi connectivity index (χ4n) is 1.61. The Kier molecular flexibility index (Phi) is 3.98. The van der Waals surface area contributed by atoms with Crippen molar-refractivity contribution < 1.29 is 4.74 Å². The van der Waals surface area contributed by atoms with Gasteiger partial charge >= 0.3 is 0 Å². The van der Waals surface area contributed by atoms with E-state index in [1.165, 1.54) is 0 Å². The highest BCUT2D eigenvalue weighted by Crippen LogP contribution is 2.31. The van der Waals surface area contributed by atoms with Gasteiger partial charge in [0.1, 0.15) is 17.3 Å². The van der Waals surface area contributed by atoms with Crippen molar-refractivity contribution in [1.29, 1.82) is 5.41 Å². The largest absolute Gasteiger partial charge is 0.456 e. The zero-order chi connectivity index (χ0) is 14.0. The van der Waals surface area contributed by atoms with Crippen molar-refractivity contribution in [2.24, 2.45) is 5.73 Å². The number of nitrogen functional groups attached to an aromatic ring is 1. The van der Waals surface area contributed by atoms with Crippen LogP contribution in [0.25, 0.3) is 0 Å². The SMILES string of the molecule is Cc1ccc(Cl)cc1Oc1cc(Cl)ccc1C(=N)N. The molecule has 19 heavy (non-hydrogen) atoms. The van der Waals surface area contributed by atoms with Gasteiger partial charge in [-0.2, -0.15) is 0 Å². The first kappa shape index (κ1) is 13.7. The van der Waals surface area contributed by atoms with Crippen LogP contribution < -0.4 is 10.5 Å². The predicted molar refractivity (Wildman–Crippen MR) is 78.7 cm³/mol. The molecular formula is C14H12Cl2N2O. The highest BCUT2D eigenvalue weighted by atomic mass is 35.5. The molecule has 0 aliphatic carbocycles. The molecule has 0 aliphatic rings. The number of hydrogen-bond donors (Lipinski definition) is 2. The molecule has 0 saturated heterocycles. The van der Waals surface area contributed by atoms with Gasteiger partial charge in [-0.1, -0.05) is 29.3 Å². The summed E-state index contributed by atoms with van der Waals surface area (Å²) in [5.41, 5.74) is 6.94. The molecule has 0 atom stereocenters. The summed E-state index contributed by atoms with van der Waals surface area (Å²) in [6, 6.07) is 10.3. The fraction of sp³-hybridized carbons (Fsp3) is 0.0714. The van der Waals surface area contributed by atoms with Gasteiger partial charge in [-0.3, -0.25) is 5.41 Å². The normalized spacial score (nSPS) is 10.3. The molecule has 0 radical (unpaired) electrons. The molecule has 0 spiro atoms. The standard InChI is InChI=1S/C14H12Cl2N2O/c1-8-2-3-9(15)6-12(8)19-13-7-10(16)4-5-11(13)14(17)18/h2-7H,1H3,(H3,17,18). The van der Waals surface area contributed by atoms with Crippen LogP contribution in [-0.4, -0.2) is 5.84 Å². The molecule has 2 aromatic rings. The second-order valence-electron chi connectivity index (χ2n) is 4.07. The van der Waals surface area contributed by atoms with Crippen molar-refractivity contribution in [3.8, 4) is 11.5 Å². The molecule has 0 heterocycles. The van der Waals surface area contributed by atoms with Gasteiger partial charge in [-0.15, -0.1) is 0 Å². The van der Waals surface area contributed by atoms with Crippen LogP contribution in [-0.2, 0) is 0 Å². The van der Waals surface area contributed by atoms with Crippen molar-refractivity contribution in [1.82, 2.24) is 0 Å². The number of hydrogen-bond acceptors (Lipinski definition) is 2. The van der Waals surface area contributed by atoms with Crippen LogP contribution in [0.15, 0.2) is 36.4 Å². The summed E-state index contributed by atoms with van der Waals surface area (Å²) in [5.74, 6) is 0.967. The molecule has 0 unspecified atom stereocenters. The number of aryl methyl sites for hydroxylation is 1. The second kappa shape index (κ2) is 5.51. The monoisotopic (exact) mass is 294 g/mol. The van der Waals surface area contributed by atoms with E-state index in [9.17, 15) is 0 Å². The Bertz CT molecular complexity index is 641. The quantitative estimate of drug-likeness (QED) is 0.652. The molecule has 0 saturated carbocycles. The molecule has 98 valence electrons. The van der Waals surface area contributed by atoms with Gasteiger partial charge in [-0.05, 0) is 36.8 Å². The highest BCUT2D eigenvalue weighted by Gasteiger charge is 2.10. The summed E-state index contributed by atoms with van der Waals surface area (Å²) in [5, 5.41) is 8.63. The minimum Gasteiger partial charge on any atom is -0.456 e. The van der Waals surface area contributed by atoms with Gasteiger partial charge in [0.15, 0.2) is 0 Å². The van der Waals surface area contributed by atoms with Crippen molar-refractivity contribution in [2.75, 3.05) is 0 Å². The molecule has 0 aromatic heterocycles. The van der Waals surface area contributed by atoms with E-state index in [1.54, 1.807) is 30.3 Å². The molecule has 2 aromatic carbocycles. The third-order valence-electron chi connectivity index (χ3n) is 2.60. The number of rotatable bonds is 3. The van der Waals surface area contributed by atoms with Crippen molar-refractivity contribution in [3.05, 3.63) is 57.6 Å². The van der Waals surface area contributed by atoms with Gasteiger partial charge in [0.2, 0.25) is 0 Å². The van der Waals surface area contributed by atoms with E-state index in [-0.39, 0.29) is 5.84 Å². The Balaban J connectivity index is 2.45. The first-order valence-electron chi connectivity index (χ1n) is 5.55. The lowest BCUT2D eigenvalue weighted by Crippen LogP contribution is -2.12. The molecule has 2 rings (SSSR count). The van der Waals surface area contributed by atoms with E-state index in [2.05, 4.69) is 0 Å². The number of benzene rings is 2. The summed E-state index contributed by atoms with van der Waals surface area (Å²) in [6.45, 7) is 1.91. The number of nitrogens with two attached hydrogens (primary N) is 1. The Morgan fingerprint density at radius 2 is 1.63 bits per heavy atom. The first-order chi connectivity index (χ1) is 8.97. The fourth-order valence-corrected chi connectivity index (χ4v) is 1.93. The van der Waals surface area contributed by atoms with Gasteiger partial charge in [0.25, 0.3) is 0 Å². The zero-order valence-electron chi connectivity index (χ0n) is 10.2. The average molecular weight is 295 g/mol. The topological polar surface area (TPSA) is 59.1 Å². The van der Waals surface area contributed by atoms with Crippen LogP contribution >= 0.6 is 23.2 Å². The predicted octanol–water partition coefficient (Wildman–Crippen LogP) is 4.38. The Hall–Kier alpha value is -1.71. The van der Waals surface area contributed by atoms with Crippen molar-refractivity contribution in [2.45, 2.75) is 6.92 Å². The van der Waals surface area contributed by atoms with Crippen molar-refractivity contribution in [3.63, 3.8) is 0 Å². The molecule has 0 amide bonds. The lowest BCUT2D eigenvalue weighted by Gasteiger charge is -2.12. The van der Waals surface area contributed by atoms with E-state index < -0.39 is 0 Å². The molecule has 0 bridgehead atoms. The summed E-state index contributed by atoms with van der Waals surface area (Å²) >= 11 is 11.9. The maximum atomic E-state index is 7.54. The first-order valence-corrected chi connectivity index (χ1v) is 6.31. The summed E-state index contributed by atoms with van der Waals surface area (Å²) in [6.07, 6.45) is 0. The smallest absolute Gasteiger partial charge is 0.139 e. The molecule has 5 heteroatoms. The van der Waals surface area contributed by atoms with E-state index >= 15 is 0 Å². The van der Waals surface area contributed by atoms with Crippen LogP contribution in [0.2, 0.25) is 10.0 Å². The summed E-state index contributed by atoms with van der Waals surface area (Å²) in [7, 11) is 0. The maximum absolute atomic E-state index is 7.54. The molecule has 3 nitrogen and oxygen atoms in total. The second-order valence-corrected chi connectivity index (χ2v) is 4.94. The lowest BCUT2D eigenvalue weighted by atomic mass is 10.1. The van der Waals surface area contributed by atoms with Gasteiger partial charge < -0.3 is 10.5 Å². The molecule has 3 N–H and O–H groups in total. The van der Waals surface area contributed by atoms with Crippen LogP contribution in [0.5, 0.6) is 11.5 Å². The van der Waals surface area contributed by atoms with E-state index in [0.717, 1.165) is 5.56 Å². The lowest BCUT2D eigenvalue weighted by molar-refractivity contribution is 0.478. The van der Waals surface area contributed by atoms with Crippen LogP contribution in [0.3, 0.4) is 0 Å². The van der Waals surface area contributed by atoms with Crippen LogP contribution in [0.1, 0.15) is 11.1 Å². The van der Waals surface area contributed by atoms with Crippen LogP contribution in [0.4, 0.5) is 0 Å². The molecule has 0 fully saturated rings. The van der Waals surface area contributed by atoms with E-state index in [1.807, 2.05) is 13.0 Å². The Morgan fingerprint density at radius 1 is 1.05 bits per heavy atom. The highest BCUT2D eigenvalue weighted by molar-refractivity contribution is 6.31. The summed E-state index contributed by atoms with van der Waals surface area (Å²) < 4.78 is 5.77. The van der Waals surface area contributed by atoms with Crippen molar-refractivity contribution >= 4 is 29.0 Å². The Morgan fingerprint density at radius 3 is 2.26 bits per heavy atom. The third-order valence-corrected chi connectivity index (χ3v) is 3.07. The minimum absolute atomic E-state index is 0.0775. The molecular weight excluding hydrogens is 283 g/mol. The van der Waals surface area contributed by atoms with Crippen LogP contribution in [0, 0.1) is 12.3 Å². The van der Waals surface area contributed by atoms with Gasteiger partial charge in [0, 0.05) is 16.1 Å². The maximum Gasteiger partial charge on any atom is 0.139 e. The minimum atomic E-state index is -0.0775. The molecule has 0 aliphatic heterocycles. The van der Waals surface area contributed by atoms with Gasteiger partial charge in [-0.25, -0.2) is 0 Å².